The lowest BCUT2D eigenvalue weighted by atomic mass is 10.2. The average Bonchev–Trinajstić information content (AvgIpc) is 2.95. The number of para-hydroxylation sites is 1. The third-order valence-corrected chi connectivity index (χ3v) is 6.93. The molecule has 0 aromatic heterocycles. The number of thioether (sulfide) groups is 1. The molecule has 8 heteroatoms. The van der Waals surface area contributed by atoms with Crippen molar-refractivity contribution in [2.75, 3.05) is 4.90 Å². The van der Waals surface area contributed by atoms with Crippen LogP contribution in [0.3, 0.4) is 0 Å². The largest absolute Gasteiger partial charge is 0.284 e. The lowest BCUT2D eigenvalue weighted by Gasteiger charge is -2.16. The van der Waals surface area contributed by atoms with Gasteiger partial charge < -0.3 is 0 Å². The summed E-state index contributed by atoms with van der Waals surface area (Å²) in [5.74, 6) is -0.135. The molecule has 0 spiro atoms. The highest BCUT2D eigenvalue weighted by Crippen LogP contribution is 2.35. The van der Waals surface area contributed by atoms with Crippen molar-refractivity contribution >= 4 is 50.1 Å². The molecule has 1 heterocycles. The van der Waals surface area contributed by atoms with E-state index in [1.54, 1.807) is 24.3 Å². The monoisotopic (exact) mass is 422 g/mol. The fourth-order valence-electron chi connectivity index (χ4n) is 2.68. The predicted molar refractivity (Wildman–Crippen MR) is 111 cm³/mol. The normalized spacial score (nSPS) is 19.0. The highest BCUT2D eigenvalue weighted by molar-refractivity contribution is 8.16. The van der Waals surface area contributed by atoms with Gasteiger partial charge in [0.2, 0.25) is 5.91 Å². The summed E-state index contributed by atoms with van der Waals surface area (Å²) in [6.45, 7) is 2.05. The molecule has 1 aliphatic heterocycles. The molecule has 1 amide bonds. The molecule has 0 saturated carbocycles. The maximum absolute atomic E-state index is 12.9. The van der Waals surface area contributed by atoms with Crippen LogP contribution in [0, 0.1) is 0 Å². The van der Waals surface area contributed by atoms with E-state index >= 15 is 0 Å². The van der Waals surface area contributed by atoms with Crippen LogP contribution < -0.4 is 4.90 Å². The first-order chi connectivity index (χ1) is 12.9. The minimum Gasteiger partial charge on any atom is -0.273 e. The third-order valence-electron chi connectivity index (χ3n) is 4.08. The molecule has 5 nitrogen and oxygen atoms in total. The van der Waals surface area contributed by atoms with Crippen LogP contribution in [-0.2, 0) is 14.8 Å². The molecule has 1 atom stereocenters. The number of hydrogen-bond acceptors (Lipinski definition) is 4. The van der Waals surface area contributed by atoms with Gasteiger partial charge in [-0.2, -0.15) is 8.42 Å². The van der Waals surface area contributed by atoms with E-state index in [2.05, 4.69) is 11.3 Å². The van der Waals surface area contributed by atoms with E-state index in [0.29, 0.717) is 17.1 Å². The fraction of sp³-hybridized carbons (Fsp3) is 0.263. The van der Waals surface area contributed by atoms with Crippen molar-refractivity contribution in [3.05, 3.63) is 59.6 Å². The van der Waals surface area contributed by atoms with Crippen molar-refractivity contribution in [1.82, 2.24) is 0 Å². The molecule has 1 fully saturated rings. The fourth-order valence-corrected chi connectivity index (χ4v) is 5.19. The summed E-state index contributed by atoms with van der Waals surface area (Å²) in [5.41, 5.74) is 0.610. The third kappa shape index (κ3) is 4.54. The molecule has 142 valence electrons. The van der Waals surface area contributed by atoms with Gasteiger partial charge in [-0.1, -0.05) is 61.3 Å². The number of carbonyl (C=O) groups is 1. The van der Waals surface area contributed by atoms with Gasteiger partial charge in [-0.3, -0.25) is 9.69 Å². The van der Waals surface area contributed by atoms with E-state index in [0.717, 1.165) is 12.8 Å². The van der Waals surface area contributed by atoms with Crippen LogP contribution >= 0.6 is 23.4 Å². The van der Waals surface area contributed by atoms with Crippen LogP contribution in [0.15, 0.2) is 63.9 Å². The SMILES string of the molecule is CCCC[C@H]1SC(=NS(=O)(=O)c2ccc(Cl)cc2)N(c2ccccc2)C1=O. The molecule has 0 N–H and O–H groups in total. The summed E-state index contributed by atoms with van der Waals surface area (Å²) in [6, 6.07) is 14.8. The van der Waals surface area contributed by atoms with Gasteiger partial charge >= 0.3 is 0 Å². The van der Waals surface area contributed by atoms with Crippen LogP contribution in [0.1, 0.15) is 26.2 Å². The number of amidine groups is 1. The van der Waals surface area contributed by atoms with Crippen LogP contribution in [0.5, 0.6) is 0 Å². The quantitative estimate of drug-likeness (QED) is 0.675. The highest BCUT2D eigenvalue weighted by atomic mass is 35.5. The Labute approximate surface area is 168 Å². The molecular formula is C19H19ClN2O3S2. The molecular weight excluding hydrogens is 404 g/mol. The van der Waals surface area contributed by atoms with Crippen LogP contribution in [0.2, 0.25) is 5.02 Å². The standard InChI is InChI=1S/C19H19ClN2O3S2/c1-2-3-9-17-18(23)22(15-7-5-4-6-8-15)19(26-17)21-27(24,25)16-12-10-14(20)11-13-16/h4-8,10-13,17H,2-3,9H2,1H3/t17-/m1/s1. The van der Waals surface area contributed by atoms with Crippen molar-refractivity contribution in [2.45, 2.75) is 36.3 Å². The summed E-state index contributed by atoms with van der Waals surface area (Å²) in [5, 5.41) is 0.296. The van der Waals surface area contributed by atoms with E-state index < -0.39 is 10.0 Å². The summed E-state index contributed by atoms with van der Waals surface area (Å²) in [7, 11) is -3.95. The number of hydrogen-bond donors (Lipinski definition) is 0. The van der Waals surface area contributed by atoms with Gasteiger partial charge in [0.1, 0.15) is 0 Å². The second kappa shape index (κ2) is 8.46. The molecule has 27 heavy (non-hydrogen) atoms. The minimum absolute atomic E-state index is 0.0393. The number of halogens is 1. The summed E-state index contributed by atoms with van der Waals surface area (Å²) >= 11 is 7.04. The van der Waals surface area contributed by atoms with Gasteiger partial charge in [0.15, 0.2) is 5.17 Å². The molecule has 2 aromatic rings. The predicted octanol–water partition coefficient (Wildman–Crippen LogP) is 4.72. The zero-order chi connectivity index (χ0) is 19.4. The average molecular weight is 423 g/mol. The number of amides is 1. The molecule has 1 saturated heterocycles. The van der Waals surface area contributed by atoms with Crippen molar-refractivity contribution in [1.29, 1.82) is 0 Å². The van der Waals surface area contributed by atoms with Crippen molar-refractivity contribution in [3.63, 3.8) is 0 Å². The Morgan fingerprint density at radius 3 is 2.41 bits per heavy atom. The number of carbonyl (C=O) groups excluding carboxylic acids is 1. The van der Waals surface area contributed by atoms with E-state index in [1.165, 1.54) is 40.9 Å². The molecule has 2 aromatic carbocycles. The van der Waals surface area contributed by atoms with Crippen molar-refractivity contribution in [3.8, 4) is 0 Å². The first-order valence-electron chi connectivity index (χ1n) is 8.58. The number of nitrogens with zero attached hydrogens (tertiary/aromatic N) is 2. The van der Waals surface area contributed by atoms with Gasteiger partial charge in [-0.05, 0) is 42.8 Å². The van der Waals surface area contributed by atoms with Crippen molar-refractivity contribution in [2.24, 2.45) is 4.40 Å². The van der Waals surface area contributed by atoms with Gasteiger partial charge in [-0.25, -0.2) is 0 Å². The summed E-state index contributed by atoms with van der Waals surface area (Å²) in [6.07, 6.45) is 2.54. The molecule has 0 aliphatic carbocycles. The van der Waals surface area contributed by atoms with Crippen molar-refractivity contribution < 1.29 is 13.2 Å². The summed E-state index contributed by atoms with van der Waals surface area (Å²) < 4.78 is 29.4. The molecule has 1 aliphatic rings. The Kier molecular flexibility index (Phi) is 6.24. The second-order valence-electron chi connectivity index (χ2n) is 6.06. The zero-order valence-electron chi connectivity index (χ0n) is 14.7. The highest BCUT2D eigenvalue weighted by Gasteiger charge is 2.39. The second-order valence-corrected chi connectivity index (χ2v) is 9.27. The first-order valence-corrected chi connectivity index (χ1v) is 11.3. The van der Waals surface area contributed by atoms with Gasteiger partial charge in [0, 0.05) is 5.02 Å². The van der Waals surface area contributed by atoms with Crippen LogP contribution in [0.4, 0.5) is 5.69 Å². The Morgan fingerprint density at radius 1 is 1.11 bits per heavy atom. The first kappa shape index (κ1) is 19.9. The number of benzene rings is 2. The number of rotatable bonds is 6. The van der Waals surface area contributed by atoms with Crippen LogP contribution in [0.25, 0.3) is 0 Å². The maximum atomic E-state index is 12.9. The molecule has 0 unspecified atom stereocenters. The zero-order valence-corrected chi connectivity index (χ0v) is 17.1. The maximum Gasteiger partial charge on any atom is 0.284 e. The Bertz CT molecular complexity index is 945. The smallest absolute Gasteiger partial charge is 0.273 e. The Balaban J connectivity index is 2.00. The topological polar surface area (TPSA) is 66.8 Å². The Morgan fingerprint density at radius 2 is 1.78 bits per heavy atom. The lowest BCUT2D eigenvalue weighted by Crippen LogP contribution is -2.32. The Hall–Kier alpha value is -1.83. The van der Waals surface area contributed by atoms with E-state index in [9.17, 15) is 13.2 Å². The number of unbranched alkanes of at least 4 members (excludes halogenated alkanes) is 1. The van der Waals surface area contributed by atoms with E-state index in [4.69, 9.17) is 11.6 Å². The minimum atomic E-state index is -3.95. The summed E-state index contributed by atoms with van der Waals surface area (Å²) in [4.78, 5) is 14.3. The molecule has 3 rings (SSSR count). The van der Waals surface area contributed by atoms with E-state index in [1.807, 2.05) is 6.07 Å². The lowest BCUT2D eigenvalue weighted by molar-refractivity contribution is -0.117. The van der Waals surface area contributed by atoms with Gasteiger partial charge in [-0.15, -0.1) is 4.40 Å². The van der Waals surface area contributed by atoms with E-state index in [-0.39, 0.29) is 21.2 Å². The molecule has 0 radical (unpaired) electrons. The van der Waals surface area contributed by atoms with Gasteiger partial charge in [0.05, 0.1) is 15.8 Å². The molecule has 0 bridgehead atoms. The number of sulfonamides is 1. The van der Waals surface area contributed by atoms with Crippen LogP contribution in [-0.4, -0.2) is 24.7 Å². The number of anilines is 1. The van der Waals surface area contributed by atoms with Gasteiger partial charge in [0.25, 0.3) is 10.0 Å².